The minimum absolute atomic E-state index is 0.0929. The van der Waals surface area contributed by atoms with Gasteiger partial charge in [0.05, 0.1) is 16.2 Å². The van der Waals surface area contributed by atoms with E-state index in [1.54, 1.807) is 26.1 Å². The number of nitrogens with zero attached hydrogens (tertiary/aromatic N) is 3. The van der Waals surface area contributed by atoms with Gasteiger partial charge < -0.3 is 10.6 Å². The van der Waals surface area contributed by atoms with E-state index >= 15 is 0 Å². The average molecular weight is 299 g/mol. The number of rotatable bonds is 5. The molecule has 1 aromatic heterocycles. The van der Waals surface area contributed by atoms with Crippen LogP contribution in [-0.2, 0) is 0 Å². The van der Waals surface area contributed by atoms with Crippen molar-refractivity contribution in [2.45, 2.75) is 25.7 Å². The van der Waals surface area contributed by atoms with E-state index in [1.165, 1.54) is 6.07 Å². The first-order valence-electron chi connectivity index (χ1n) is 7.16. The minimum Gasteiger partial charge on any atom is -0.357 e. The van der Waals surface area contributed by atoms with Gasteiger partial charge in [0.1, 0.15) is 5.82 Å². The summed E-state index contributed by atoms with van der Waals surface area (Å²) in [5.74, 6) is 1.70. The summed E-state index contributed by atoms with van der Waals surface area (Å²) in [5, 5.41) is 17.1. The fourth-order valence-corrected chi connectivity index (χ4v) is 2.32. The quantitative estimate of drug-likeness (QED) is 0.649. The molecule has 0 saturated heterocycles. The number of hydrogen-bond donors (Lipinski definition) is 2. The summed E-state index contributed by atoms with van der Waals surface area (Å²) in [6, 6.07) is 6.88. The van der Waals surface area contributed by atoms with Crippen molar-refractivity contribution in [3.8, 4) is 0 Å². The van der Waals surface area contributed by atoms with E-state index in [0.717, 1.165) is 18.5 Å². The molecule has 0 unspecified atom stereocenters. The van der Waals surface area contributed by atoms with Crippen molar-refractivity contribution < 1.29 is 4.92 Å². The summed E-state index contributed by atoms with van der Waals surface area (Å²) in [7, 11) is 1.77. The van der Waals surface area contributed by atoms with Gasteiger partial charge in [-0.2, -0.15) is 4.98 Å². The lowest BCUT2D eigenvalue weighted by molar-refractivity contribution is -0.385. The lowest BCUT2D eigenvalue weighted by Gasteiger charge is -2.11. The third-order valence-corrected chi connectivity index (χ3v) is 3.73. The molecular formula is C15H17N5O2. The van der Waals surface area contributed by atoms with Crippen LogP contribution in [-0.4, -0.2) is 21.9 Å². The van der Waals surface area contributed by atoms with Crippen LogP contribution in [0.4, 0.5) is 23.1 Å². The van der Waals surface area contributed by atoms with Gasteiger partial charge in [0.2, 0.25) is 5.95 Å². The van der Waals surface area contributed by atoms with Crippen LogP contribution in [0.5, 0.6) is 0 Å². The fraction of sp³-hybridized carbons (Fsp3) is 0.333. The Labute approximate surface area is 127 Å². The van der Waals surface area contributed by atoms with Crippen LogP contribution in [0.2, 0.25) is 0 Å². The van der Waals surface area contributed by atoms with Crippen LogP contribution in [0.15, 0.2) is 24.3 Å². The van der Waals surface area contributed by atoms with E-state index in [-0.39, 0.29) is 10.6 Å². The van der Waals surface area contributed by atoms with Crippen molar-refractivity contribution in [2.75, 3.05) is 17.7 Å². The zero-order chi connectivity index (χ0) is 15.7. The maximum Gasteiger partial charge on any atom is 0.274 e. The second-order valence-corrected chi connectivity index (χ2v) is 5.36. The Kier molecular flexibility index (Phi) is 3.62. The van der Waals surface area contributed by atoms with Gasteiger partial charge in [-0.3, -0.25) is 10.1 Å². The molecular weight excluding hydrogens is 282 g/mol. The zero-order valence-electron chi connectivity index (χ0n) is 12.5. The molecule has 3 rings (SSSR count). The molecule has 1 heterocycles. The van der Waals surface area contributed by atoms with Crippen molar-refractivity contribution in [1.82, 2.24) is 9.97 Å². The monoisotopic (exact) mass is 299 g/mol. The van der Waals surface area contributed by atoms with Gasteiger partial charge in [-0.05, 0) is 25.8 Å². The molecule has 0 radical (unpaired) electrons. The average Bonchev–Trinajstić information content (AvgIpc) is 3.33. The first-order valence-corrected chi connectivity index (χ1v) is 7.16. The van der Waals surface area contributed by atoms with E-state index < -0.39 is 0 Å². The van der Waals surface area contributed by atoms with Gasteiger partial charge in [0, 0.05) is 30.8 Å². The number of benzene rings is 1. The van der Waals surface area contributed by atoms with Crippen LogP contribution >= 0.6 is 0 Å². The fourth-order valence-electron chi connectivity index (χ4n) is 2.32. The summed E-state index contributed by atoms with van der Waals surface area (Å²) in [5.41, 5.74) is 2.36. The van der Waals surface area contributed by atoms with Crippen LogP contribution in [0.25, 0.3) is 0 Å². The van der Waals surface area contributed by atoms with Crippen LogP contribution in [0, 0.1) is 17.0 Å². The Hall–Kier alpha value is -2.70. The first kappa shape index (κ1) is 14.2. The molecule has 22 heavy (non-hydrogen) atoms. The van der Waals surface area contributed by atoms with Crippen molar-refractivity contribution in [3.63, 3.8) is 0 Å². The summed E-state index contributed by atoms with van der Waals surface area (Å²) in [6.07, 6.45) is 2.30. The number of nitrogens with one attached hydrogen (secondary N) is 2. The molecule has 1 aliphatic rings. The SMILES string of the molecule is CNc1nc(Nc2cccc([N+](=O)[O-])c2C)cc(C2CC2)n1. The predicted octanol–water partition coefficient (Wildman–Crippen LogP) is 3.36. The molecule has 7 heteroatoms. The number of aromatic nitrogens is 2. The summed E-state index contributed by atoms with van der Waals surface area (Å²) < 4.78 is 0. The van der Waals surface area contributed by atoms with Crippen molar-refractivity contribution in [2.24, 2.45) is 0 Å². The topological polar surface area (TPSA) is 93.0 Å². The summed E-state index contributed by atoms with van der Waals surface area (Å²) in [4.78, 5) is 19.5. The van der Waals surface area contributed by atoms with Gasteiger partial charge in [-0.15, -0.1) is 0 Å². The molecule has 2 aromatic rings. The van der Waals surface area contributed by atoms with Gasteiger partial charge in [0.25, 0.3) is 5.69 Å². The van der Waals surface area contributed by atoms with E-state index in [2.05, 4.69) is 20.6 Å². The van der Waals surface area contributed by atoms with Gasteiger partial charge in [-0.25, -0.2) is 4.98 Å². The van der Waals surface area contributed by atoms with Crippen molar-refractivity contribution in [3.05, 3.63) is 45.6 Å². The summed E-state index contributed by atoms with van der Waals surface area (Å²) >= 11 is 0. The predicted molar refractivity (Wildman–Crippen MR) is 84.7 cm³/mol. The Morgan fingerprint density at radius 2 is 2.09 bits per heavy atom. The lowest BCUT2D eigenvalue weighted by atomic mass is 10.1. The molecule has 0 atom stereocenters. The molecule has 0 bridgehead atoms. The molecule has 1 aromatic carbocycles. The molecule has 1 fully saturated rings. The highest BCUT2D eigenvalue weighted by molar-refractivity contribution is 5.66. The highest BCUT2D eigenvalue weighted by Crippen LogP contribution is 2.40. The Morgan fingerprint density at radius 1 is 1.32 bits per heavy atom. The van der Waals surface area contributed by atoms with Gasteiger partial charge >= 0.3 is 0 Å². The van der Waals surface area contributed by atoms with E-state index in [4.69, 9.17) is 0 Å². The molecule has 0 spiro atoms. The lowest BCUT2D eigenvalue weighted by Crippen LogP contribution is -2.04. The van der Waals surface area contributed by atoms with Gasteiger partial charge in [-0.1, -0.05) is 6.07 Å². The smallest absolute Gasteiger partial charge is 0.274 e. The van der Waals surface area contributed by atoms with E-state index in [0.29, 0.717) is 28.9 Å². The largest absolute Gasteiger partial charge is 0.357 e. The van der Waals surface area contributed by atoms with Crippen molar-refractivity contribution in [1.29, 1.82) is 0 Å². The highest BCUT2D eigenvalue weighted by atomic mass is 16.6. The maximum atomic E-state index is 11.0. The molecule has 2 N–H and O–H groups in total. The minimum atomic E-state index is -0.380. The molecule has 0 amide bonds. The number of nitro benzene ring substituents is 1. The maximum absolute atomic E-state index is 11.0. The molecule has 114 valence electrons. The normalized spacial score (nSPS) is 13.7. The van der Waals surface area contributed by atoms with Crippen LogP contribution in [0.1, 0.15) is 30.0 Å². The van der Waals surface area contributed by atoms with Crippen LogP contribution in [0.3, 0.4) is 0 Å². The first-order chi connectivity index (χ1) is 10.6. The second-order valence-electron chi connectivity index (χ2n) is 5.36. The number of nitro groups is 1. The van der Waals surface area contributed by atoms with Crippen LogP contribution < -0.4 is 10.6 Å². The number of hydrogen-bond acceptors (Lipinski definition) is 6. The van der Waals surface area contributed by atoms with E-state index in [1.807, 2.05) is 6.07 Å². The zero-order valence-corrected chi connectivity index (χ0v) is 12.5. The highest BCUT2D eigenvalue weighted by Gasteiger charge is 2.26. The van der Waals surface area contributed by atoms with Crippen molar-refractivity contribution >= 4 is 23.1 Å². The molecule has 7 nitrogen and oxygen atoms in total. The third-order valence-electron chi connectivity index (χ3n) is 3.73. The molecule has 0 aliphatic heterocycles. The molecule has 1 saturated carbocycles. The molecule has 1 aliphatic carbocycles. The third kappa shape index (κ3) is 2.83. The van der Waals surface area contributed by atoms with Gasteiger partial charge in [0.15, 0.2) is 0 Å². The second kappa shape index (κ2) is 5.59. The Bertz CT molecular complexity index is 728. The number of anilines is 3. The van der Waals surface area contributed by atoms with E-state index in [9.17, 15) is 10.1 Å². The Balaban J connectivity index is 1.94. The summed E-state index contributed by atoms with van der Waals surface area (Å²) in [6.45, 7) is 1.72. The Morgan fingerprint density at radius 3 is 2.73 bits per heavy atom. The standard InChI is InChI=1S/C15H17N5O2/c1-9-11(4-3-5-13(9)20(21)22)17-14-8-12(10-6-7-10)18-15(16-2)19-14/h3-5,8,10H,6-7H2,1-2H3,(H2,16,17,18,19).